The Bertz CT molecular complexity index is 204. The highest BCUT2D eigenvalue weighted by atomic mass is 16.6. The zero-order chi connectivity index (χ0) is 11.3. The maximum absolute atomic E-state index is 11.3. The van der Waals surface area contributed by atoms with Crippen LogP contribution in [0, 0.1) is 0 Å². The summed E-state index contributed by atoms with van der Waals surface area (Å²) in [6.07, 6.45) is 2.01. The van der Waals surface area contributed by atoms with Crippen molar-refractivity contribution >= 4 is 5.97 Å². The summed E-state index contributed by atoms with van der Waals surface area (Å²) in [5.74, 6) is -0.287. The molecule has 1 aliphatic heterocycles. The molecule has 4 nitrogen and oxygen atoms in total. The van der Waals surface area contributed by atoms with Crippen LogP contribution < -0.4 is 5.32 Å². The smallest absolute Gasteiger partial charge is 0.332 e. The number of nitrogens with zero attached hydrogens (tertiary/aromatic N) is 1. The summed E-state index contributed by atoms with van der Waals surface area (Å²) in [7, 11) is 0. The SMILES string of the molecule is CC(C)(C)OC(=O)COC1CC[N]CC1. The number of esters is 1. The Morgan fingerprint density at radius 3 is 2.47 bits per heavy atom. The lowest BCUT2D eigenvalue weighted by Crippen LogP contribution is -2.32. The van der Waals surface area contributed by atoms with Gasteiger partial charge in [0.25, 0.3) is 0 Å². The summed E-state index contributed by atoms with van der Waals surface area (Å²) >= 11 is 0. The minimum atomic E-state index is -0.428. The van der Waals surface area contributed by atoms with Gasteiger partial charge in [-0.3, -0.25) is 0 Å². The van der Waals surface area contributed by atoms with Crippen LogP contribution in [-0.4, -0.2) is 37.4 Å². The third kappa shape index (κ3) is 5.74. The molecule has 1 heterocycles. The fraction of sp³-hybridized carbons (Fsp3) is 0.909. The van der Waals surface area contributed by atoms with Gasteiger partial charge in [-0.2, -0.15) is 0 Å². The molecular formula is C11H20NO3. The molecule has 0 amide bonds. The Labute approximate surface area is 91.3 Å². The number of hydrogen-bond donors (Lipinski definition) is 0. The van der Waals surface area contributed by atoms with Gasteiger partial charge in [0.1, 0.15) is 12.2 Å². The van der Waals surface area contributed by atoms with Crippen LogP contribution >= 0.6 is 0 Å². The second kappa shape index (κ2) is 5.47. The first kappa shape index (κ1) is 12.5. The zero-order valence-electron chi connectivity index (χ0n) is 9.78. The number of rotatable bonds is 3. The van der Waals surface area contributed by atoms with Gasteiger partial charge in [0, 0.05) is 13.1 Å². The van der Waals surface area contributed by atoms with Gasteiger partial charge in [-0.25, -0.2) is 10.1 Å². The van der Waals surface area contributed by atoms with Crippen LogP contribution in [-0.2, 0) is 14.3 Å². The molecule has 87 valence electrons. The number of ether oxygens (including phenoxy) is 2. The summed E-state index contributed by atoms with van der Waals surface area (Å²) in [6, 6.07) is 0. The summed E-state index contributed by atoms with van der Waals surface area (Å²) in [6.45, 7) is 7.30. The molecule has 1 radical (unpaired) electrons. The van der Waals surface area contributed by atoms with Crippen molar-refractivity contribution in [3.63, 3.8) is 0 Å². The van der Waals surface area contributed by atoms with E-state index < -0.39 is 5.60 Å². The molecule has 0 N–H and O–H groups in total. The summed E-state index contributed by atoms with van der Waals surface area (Å²) in [5.41, 5.74) is -0.428. The number of hydrogen-bond acceptors (Lipinski definition) is 3. The fourth-order valence-electron chi connectivity index (χ4n) is 1.45. The molecular weight excluding hydrogens is 194 g/mol. The Hall–Kier alpha value is -0.610. The van der Waals surface area contributed by atoms with E-state index in [9.17, 15) is 4.79 Å². The molecule has 0 spiro atoms. The number of piperidine rings is 1. The van der Waals surface area contributed by atoms with Gasteiger partial charge in [-0.05, 0) is 33.6 Å². The van der Waals surface area contributed by atoms with Crippen LogP contribution in [0.2, 0.25) is 0 Å². The van der Waals surface area contributed by atoms with E-state index in [0.717, 1.165) is 25.9 Å². The standard InChI is InChI=1S/C11H20NO3/c1-11(2,3)15-10(13)8-14-9-4-6-12-7-5-9/h9H,4-8H2,1-3H3. The predicted molar refractivity (Wildman–Crippen MR) is 56.7 cm³/mol. The molecule has 0 aliphatic carbocycles. The van der Waals surface area contributed by atoms with Crippen molar-refractivity contribution in [1.29, 1.82) is 0 Å². The Morgan fingerprint density at radius 1 is 1.33 bits per heavy atom. The van der Waals surface area contributed by atoms with Crippen LogP contribution in [0.3, 0.4) is 0 Å². The second-order valence-electron chi connectivity index (χ2n) is 4.77. The zero-order valence-corrected chi connectivity index (χ0v) is 9.78. The van der Waals surface area contributed by atoms with E-state index >= 15 is 0 Å². The van der Waals surface area contributed by atoms with E-state index in [1.54, 1.807) is 0 Å². The molecule has 0 aromatic heterocycles. The highest BCUT2D eigenvalue weighted by Crippen LogP contribution is 2.10. The van der Waals surface area contributed by atoms with Crippen LogP contribution in [0.4, 0.5) is 0 Å². The maximum Gasteiger partial charge on any atom is 0.332 e. The van der Waals surface area contributed by atoms with Crippen molar-refractivity contribution in [2.24, 2.45) is 0 Å². The lowest BCUT2D eigenvalue weighted by molar-refractivity contribution is -0.162. The molecule has 1 aliphatic rings. The first-order valence-electron chi connectivity index (χ1n) is 5.44. The van der Waals surface area contributed by atoms with Gasteiger partial charge >= 0.3 is 5.97 Å². The number of carbonyl (C=O) groups is 1. The van der Waals surface area contributed by atoms with Crippen LogP contribution in [0.1, 0.15) is 33.6 Å². The third-order valence-electron chi connectivity index (χ3n) is 2.08. The van der Waals surface area contributed by atoms with E-state index in [2.05, 4.69) is 5.32 Å². The average Bonchev–Trinajstić information content (AvgIpc) is 2.14. The summed E-state index contributed by atoms with van der Waals surface area (Å²) in [5, 5.41) is 4.22. The predicted octanol–water partition coefficient (Wildman–Crippen LogP) is 1.11. The first-order chi connectivity index (χ1) is 6.97. The van der Waals surface area contributed by atoms with E-state index in [1.165, 1.54) is 0 Å². The quantitative estimate of drug-likeness (QED) is 0.661. The van der Waals surface area contributed by atoms with E-state index in [1.807, 2.05) is 20.8 Å². The van der Waals surface area contributed by atoms with Crippen LogP contribution in [0.25, 0.3) is 0 Å². The van der Waals surface area contributed by atoms with Crippen molar-refractivity contribution < 1.29 is 14.3 Å². The van der Waals surface area contributed by atoms with Crippen molar-refractivity contribution in [3.05, 3.63) is 0 Å². The lowest BCUT2D eigenvalue weighted by atomic mass is 10.1. The molecule has 15 heavy (non-hydrogen) atoms. The molecule has 0 bridgehead atoms. The Morgan fingerprint density at radius 2 is 1.93 bits per heavy atom. The topological polar surface area (TPSA) is 49.6 Å². The van der Waals surface area contributed by atoms with Crippen LogP contribution in [0.15, 0.2) is 0 Å². The van der Waals surface area contributed by atoms with Gasteiger partial charge in [0.05, 0.1) is 6.10 Å². The highest BCUT2D eigenvalue weighted by Gasteiger charge is 2.19. The van der Waals surface area contributed by atoms with Crippen LogP contribution in [0.5, 0.6) is 0 Å². The van der Waals surface area contributed by atoms with Gasteiger partial charge < -0.3 is 9.47 Å². The van der Waals surface area contributed by atoms with Crippen molar-refractivity contribution in [2.45, 2.75) is 45.3 Å². The Kier molecular flexibility index (Phi) is 4.54. The fourth-order valence-corrected chi connectivity index (χ4v) is 1.45. The van der Waals surface area contributed by atoms with E-state index in [4.69, 9.17) is 9.47 Å². The minimum absolute atomic E-state index is 0.0575. The molecule has 0 unspecified atom stereocenters. The van der Waals surface area contributed by atoms with Gasteiger partial charge in [0.2, 0.25) is 0 Å². The number of carbonyl (C=O) groups excluding carboxylic acids is 1. The molecule has 0 aromatic rings. The van der Waals surface area contributed by atoms with E-state index in [-0.39, 0.29) is 18.7 Å². The molecule has 1 rings (SSSR count). The molecule has 4 heteroatoms. The van der Waals surface area contributed by atoms with Gasteiger partial charge in [-0.1, -0.05) is 0 Å². The summed E-state index contributed by atoms with van der Waals surface area (Å²) in [4.78, 5) is 11.3. The van der Waals surface area contributed by atoms with Crippen molar-refractivity contribution in [1.82, 2.24) is 5.32 Å². The van der Waals surface area contributed by atoms with Gasteiger partial charge in [-0.15, -0.1) is 0 Å². The molecule has 1 fully saturated rings. The minimum Gasteiger partial charge on any atom is -0.458 e. The second-order valence-corrected chi connectivity index (χ2v) is 4.77. The highest BCUT2D eigenvalue weighted by molar-refractivity contribution is 5.71. The first-order valence-corrected chi connectivity index (χ1v) is 5.44. The molecule has 0 saturated carbocycles. The lowest BCUT2D eigenvalue weighted by Gasteiger charge is -2.23. The largest absolute Gasteiger partial charge is 0.458 e. The summed E-state index contributed by atoms with van der Waals surface area (Å²) < 4.78 is 10.6. The van der Waals surface area contributed by atoms with Gasteiger partial charge in [0.15, 0.2) is 0 Å². The van der Waals surface area contributed by atoms with Crippen molar-refractivity contribution in [2.75, 3.05) is 19.7 Å². The third-order valence-corrected chi connectivity index (χ3v) is 2.08. The molecule has 0 aromatic carbocycles. The van der Waals surface area contributed by atoms with E-state index in [0.29, 0.717) is 0 Å². The van der Waals surface area contributed by atoms with Crippen molar-refractivity contribution in [3.8, 4) is 0 Å². The Balaban J connectivity index is 2.15. The maximum atomic E-state index is 11.3. The normalized spacial score (nSPS) is 18.9. The molecule has 1 saturated heterocycles. The molecule has 0 atom stereocenters. The monoisotopic (exact) mass is 214 g/mol. The average molecular weight is 214 g/mol.